The minimum absolute atomic E-state index is 0. The molecule has 0 aliphatic carbocycles. The Labute approximate surface area is 189 Å². The summed E-state index contributed by atoms with van der Waals surface area (Å²) in [7, 11) is 0. The summed E-state index contributed by atoms with van der Waals surface area (Å²) in [4.78, 5) is 23.3. The van der Waals surface area contributed by atoms with Crippen LogP contribution in [0.1, 0.15) is 26.8 Å². The molecule has 0 spiro atoms. The second-order valence-electron chi connectivity index (χ2n) is 7.42. The molecule has 0 aromatic heterocycles. The molecule has 164 valence electrons. The SMILES string of the molecule is C.C=C(C)C(=O)Oc1ccc(-c2ccc(-c3ccc(OC(=O)C(=C)C)cc3)c(C)c2)cc1. The molecule has 0 atom stereocenters. The van der Waals surface area contributed by atoms with E-state index in [4.69, 9.17) is 9.47 Å². The number of hydrogen-bond donors (Lipinski definition) is 0. The molecule has 4 heteroatoms. The maximum Gasteiger partial charge on any atom is 0.338 e. The Bertz CT molecular complexity index is 1150. The number of hydrogen-bond acceptors (Lipinski definition) is 4. The lowest BCUT2D eigenvalue weighted by molar-refractivity contribution is -0.130. The minimum atomic E-state index is -0.437. The van der Waals surface area contributed by atoms with Gasteiger partial charge in [0, 0.05) is 11.1 Å². The molecule has 0 N–H and O–H groups in total. The molecule has 0 radical (unpaired) electrons. The lowest BCUT2D eigenvalue weighted by atomic mass is 9.96. The molecule has 0 aliphatic heterocycles. The van der Waals surface area contributed by atoms with E-state index < -0.39 is 11.9 Å². The Morgan fingerprint density at radius 3 is 1.47 bits per heavy atom. The van der Waals surface area contributed by atoms with Crippen LogP contribution in [-0.4, -0.2) is 11.9 Å². The van der Waals surface area contributed by atoms with Crippen LogP contribution in [0.5, 0.6) is 11.5 Å². The molecule has 0 fully saturated rings. The Morgan fingerprint density at radius 2 is 1.06 bits per heavy atom. The number of benzene rings is 3. The number of esters is 2. The highest BCUT2D eigenvalue weighted by Crippen LogP contribution is 2.30. The van der Waals surface area contributed by atoms with Gasteiger partial charge in [-0.2, -0.15) is 0 Å². The lowest BCUT2D eigenvalue weighted by Gasteiger charge is -2.11. The molecule has 4 nitrogen and oxygen atoms in total. The predicted octanol–water partition coefficient (Wildman–Crippen LogP) is 6.93. The lowest BCUT2D eigenvalue weighted by Crippen LogP contribution is -2.07. The first-order chi connectivity index (χ1) is 14.7. The van der Waals surface area contributed by atoms with Gasteiger partial charge in [-0.05, 0) is 72.9 Å². The Hall–Kier alpha value is -3.92. The van der Waals surface area contributed by atoms with Crippen molar-refractivity contribution in [3.05, 3.63) is 96.6 Å². The monoisotopic (exact) mass is 428 g/mol. The van der Waals surface area contributed by atoms with Crippen LogP contribution >= 0.6 is 0 Å². The summed E-state index contributed by atoms with van der Waals surface area (Å²) in [6, 6.07) is 21.0. The van der Waals surface area contributed by atoms with E-state index in [1.165, 1.54) is 0 Å². The van der Waals surface area contributed by atoms with Crippen molar-refractivity contribution >= 4 is 11.9 Å². The van der Waals surface area contributed by atoms with Crippen LogP contribution < -0.4 is 9.47 Å². The van der Waals surface area contributed by atoms with Crippen LogP contribution in [0, 0.1) is 6.92 Å². The van der Waals surface area contributed by atoms with Crippen LogP contribution in [0.2, 0.25) is 0 Å². The summed E-state index contributed by atoms with van der Waals surface area (Å²) < 4.78 is 10.5. The summed E-state index contributed by atoms with van der Waals surface area (Å²) >= 11 is 0. The summed E-state index contributed by atoms with van der Waals surface area (Å²) in [6.07, 6.45) is 0. The van der Waals surface area contributed by atoms with E-state index >= 15 is 0 Å². The highest BCUT2D eigenvalue weighted by molar-refractivity contribution is 5.89. The van der Waals surface area contributed by atoms with Gasteiger partial charge in [0.1, 0.15) is 11.5 Å². The third kappa shape index (κ3) is 5.82. The summed E-state index contributed by atoms with van der Waals surface area (Å²) in [5.74, 6) is 0.0954. The fourth-order valence-corrected chi connectivity index (χ4v) is 2.97. The van der Waals surface area contributed by atoms with Crippen LogP contribution in [0.3, 0.4) is 0 Å². The maximum absolute atomic E-state index is 11.6. The minimum Gasteiger partial charge on any atom is -0.423 e. The summed E-state index contributed by atoms with van der Waals surface area (Å²) in [5.41, 5.74) is 6.03. The first-order valence-corrected chi connectivity index (χ1v) is 9.81. The van der Waals surface area contributed by atoms with Gasteiger partial charge in [0.25, 0.3) is 0 Å². The smallest absolute Gasteiger partial charge is 0.338 e. The number of carbonyl (C=O) groups excluding carboxylic acids is 2. The van der Waals surface area contributed by atoms with Gasteiger partial charge in [-0.3, -0.25) is 0 Å². The van der Waals surface area contributed by atoms with Gasteiger partial charge < -0.3 is 9.47 Å². The summed E-state index contributed by atoms with van der Waals surface area (Å²) in [5, 5.41) is 0. The second-order valence-corrected chi connectivity index (χ2v) is 7.42. The fraction of sp³-hybridized carbons (Fsp3) is 0.143. The molecule has 3 aromatic rings. The van der Waals surface area contributed by atoms with Crippen molar-refractivity contribution in [2.24, 2.45) is 0 Å². The van der Waals surface area contributed by atoms with E-state index in [9.17, 15) is 9.59 Å². The quantitative estimate of drug-likeness (QED) is 0.243. The standard InChI is InChI=1S/C27H24O4.CH4/c1-17(2)26(28)30-23-11-6-20(7-12-23)22-10-15-25(19(5)16-22)21-8-13-24(14-9-21)31-27(29)18(3)4;/h6-16H,1,3H2,2,4-5H3;1H4. The third-order valence-electron chi connectivity index (χ3n) is 4.70. The average molecular weight is 429 g/mol. The Balaban J connectivity index is 0.00000363. The normalized spacial score (nSPS) is 9.97. The first-order valence-electron chi connectivity index (χ1n) is 9.81. The zero-order chi connectivity index (χ0) is 22.5. The molecule has 3 aromatic carbocycles. The maximum atomic E-state index is 11.6. The fourth-order valence-electron chi connectivity index (χ4n) is 2.97. The second kappa shape index (κ2) is 10.4. The average Bonchev–Trinajstić information content (AvgIpc) is 2.74. The Kier molecular flexibility index (Phi) is 7.92. The van der Waals surface area contributed by atoms with Gasteiger partial charge >= 0.3 is 11.9 Å². The molecule has 0 saturated carbocycles. The highest BCUT2D eigenvalue weighted by atomic mass is 16.5. The van der Waals surface area contributed by atoms with Gasteiger partial charge in [-0.1, -0.05) is 63.0 Å². The number of carbonyl (C=O) groups is 2. The third-order valence-corrected chi connectivity index (χ3v) is 4.70. The van der Waals surface area contributed by atoms with E-state index in [1.54, 1.807) is 38.1 Å². The molecule has 0 unspecified atom stereocenters. The topological polar surface area (TPSA) is 52.6 Å². The number of ether oxygens (including phenoxy) is 2. The molecule has 0 heterocycles. The van der Waals surface area contributed by atoms with Crippen molar-refractivity contribution in [3.63, 3.8) is 0 Å². The van der Waals surface area contributed by atoms with E-state index in [-0.39, 0.29) is 7.43 Å². The molecule has 32 heavy (non-hydrogen) atoms. The van der Waals surface area contributed by atoms with E-state index in [2.05, 4.69) is 32.2 Å². The molecular weight excluding hydrogens is 400 g/mol. The largest absolute Gasteiger partial charge is 0.423 e. The van der Waals surface area contributed by atoms with Gasteiger partial charge in [0.05, 0.1) is 0 Å². The zero-order valence-electron chi connectivity index (χ0n) is 17.9. The van der Waals surface area contributed by atoms with E-state index in [0.717, 1.165) is 27.8 Å². The molecule has 0 saturated heterocycles. The first kappa shape index (κ1) is 24.4. The molecule has 0 bridgehead atoms. The van der Waals surface area contributed by atoms with Crippen LogP contribution in [0.15, 0.2) is 91.0 Å². The van der Waals surface area contributed by atoms with Crippen molar-refractivity contribution in [1.29, 1.82) is 0 Å². The molecule has 0 amide bonds. The van der Waals surface area contributed by atoms with Gasteiger partial charge in [-0.15, -0.1) is 0 Å². The van der Waals surface area contributed by atoms with E-state index in [0.29, 0.717) is 22.6 Å². The molecule has 0 aliphatic rings. The van der Waals surface area contributed by atoms with Crippen molar-refractivity contribution in [3.8, 4) is 33.8 Å². The van der Waals surface area contributed by atoms with Crippen molar-refractivity contribution in [2.45, 2.75) is 28.2 Å². The summed E-state index contributed by atoms with van der Waals surface area (Å²) in [6.45, 7) is 12.5. The predicted molar refractivity (Wildman–Crippen MR) is 130 cm³/mol. The molecule has 3 rings (SSSR count). The van der Waals surface area contributed by atoms with Crippen molar-refractivity contribution < 1.29 is 19.1 Å². The van der Waals surface area contributed by atoms with Gasteiger partial charge in [0.15, 0.2) is 0 Å². The van der Waals surface area contributed by atoms with Crippen molar-refractivity contribution in [1.82, 2.24) is 0 Å². The van der Waals surface area contributed by atoms with E-state index in [1.807, 2.05) is 30.3 Å². The van der Waals surface area contributed by atoms with Crippen LogP contribution in [0.4, 0.5) is 0 Å². The van der Waals surface area contributed by atoms with Gasteiger partial charge in [0.2, 0.25) is 0 Å². The number of aryl methyl sites for hydroxylation is 1. The van der Waals surface area contributed by atoms with Gasteiger partial charge in [-0.25, -0.2) is 9.59 Å². The zero-order valence-corrected chi connectivity index (χ0v) is 17.9. The van der Waals surface area contributed by atoms with Crippen LogP contribution in [0.25, 0.3) is 22.3 Å². The van der Waals surface area contributed by atoms with Crippen molar-refractivity contribution in [2.75, 3.05) is 0 Å². The molecular formula is C28H28O4. The van der Waals surface area contributed by atoms with Crippen LogP contribution in [-0.2, 0) is 9.59 Å². The number of rotatable bonds is 6. The highest BCUT2D eigenvalue weighted by Gasteiger charge is 2.09. The Morgan fingerprint density at radius 1 is 0.656 bits per heavy atom.